The second kappa shape index (κ2) is 8.09. The molecular formula is C16H23N3O5. The van der Waals surface area contributed by atoms with Crippen LogP contribution >= 0.6 is 0 Å². The Morgan fingerprint density at radius 1 is 1.33 bits per heavy atom. The Kier molecular flexibility index (Phi) is 6.13. The van der Waals surface area contributed by atoms with Gasteiger partial charge in [-0.15, -0.1) is 0 Å². The molecule has 1 aliphatic rings. The van der Waals surface area contributed by atoms with Gasteiger partial charge in [-0.25, -0.2) is 9.69 Å². The molecule has 1 saturated heterocycles. The molecule has 2 atom stereocenters. The van der Waals surface area contributed by atoms with E-state index in [1.54, 1.807) is 26.6 Å². The predicted octanol–water partition coefficient (Wildman–Crippen LogP) is 1.44. The molecule has 132 valence electrons. The molecule has 8 heteroatoms. The summed E-state index contributed by atoms with van der Waals surface area (Å²) in [5, 5.41) is 11.4. The van der Waals surface area contributed by atoms with E-state index in [4.69, 9.17) is 14.8 Å². The summed E-state index contributed by atoms with van der Waals surface area (Å²) in [7, 11) is 1.59. The molecule has 1 heterocycles. The van der Waals surface area contributed by atoms with Gasteiger partial charge in [0.15, 0.2) is 6.23 Å². The van der Waals surface area contributed by atoms with Crippen molar-refractivity contribution in [2.75, 3.05) is 7.11 Å². The van der Waals surface area contributed by atoms with Gasteiger partial charge in [0.1, 0.15) is 11.8 Å². The van der Waals surface area contributed by atoms with Gasteiger partial charge < -0.3 is 10.1 Å². The molecule has 1 fully saturated rings. The highest BCUT2D eigenvalue weighted by Crippen LogP contribution is 2.23. The first-order valence-corrected chi connectivity index (χ1v) is 7.79. The first-order chi connectivity index (χ1) is 11.5. The summed E-state index contributed by atoms with van der Waals surface area (Å²) in [6.07, 6.45) is 0.137. The van der Waals surface area contributed by atoms with Crippen molar-refractivity contribution in [3.05, 3.63) is 29.8 Å². The highest BCUT2D eigenvalue weighted by molar-refractivity contribution is 6.04. The first kappa shape index (κ1) is 18.2. The molecular weight excluding hydrogens is 314 g/mol. The summed E-state index contributed by atoms with van der Waals surface area (Å²) in [6.45, 7) is 3.56. The predicted molar refractivity (Wildman–Crippen MR) is 85.1 cm³/mol. The van der Waals surface area contributed by atoms with Gasteiger partial charge in [0, 0.05) is 5.92 Å². The van der Waals surface area contributed by atoms with E-state index in [2.05, 4.69) is 5.32 Å². The van der Waals surface area contributed by atoms with Crippen LogP contribution in [-0.4, -0.2) is 41.4 Å². The molecule has 3 N–H and O–H groups in total. The highest BCUT2D eigenvalue weighted by atomic mass is 16.8. The van der Waals surface area contributed by atoms with Gasteiger partial charge in [-0.05, 0) is 24.5 Å². The van der Waals surface area contributed by atoms with Crippen molar-refractivity contribution in [1.29, 1.82) is 0 Å². The summed E-state index contributed by atoms with van der Waals surface area (Å²) < 4.78 is 5.29. The lowest BCUT2D eigenvalue weighted by Crippen LogP contribution is -2.47. The molecule has 3 amide bonds. The molecule has 0 aromatic heterocycles. The van der Waals surface area contributed by atoms with E-state index in [1.165, 1.54) is 0 Å². The lowest BCUT2D eigenvalue weighted by atomic mass is 10.0. The average molecular weight is 337 g/mol. The van der Waals surface area contributed by atoms with Gasteiger partial charge in [-0.3, -0.25) is 14.8 Å². The van der Waals surface area contributed by atoms with E-state index >= 15 is 0 Å². The van der Waals surface area contributed by atoms with Crippen LogP contribution in [-0.2, 0) is 16.1 Å². The lowest BCUT2D eigenvalue weighted by Gasteiger charge is -2.26. The summed E-state index contributed by atoms with van der Waals surface area (Å²) in [5.74, 6) is 0.190. The number of aryl methyl sites for hydroxylation is 1. The van der Waals surface area contributed by atoms with Crippen LogP contribution in [0.4, 0.5) is 4.79 Å². The number of imide groups is 1. The zero-order valence-electron chi connectivity index (χ0n) is 14.0. The monoisotopic (exact) mass is 337 g/mol. The summed E-state index contributed by atoms with van der Waals surface area (Å²) in [4.78, 5) is 30.6. The molecule has 1 aromatic rings. The van der Waals surface area contributed by atoms with Crippen LogP contribution in [0.3, 0.4) is 0 Å². The number of methoxy groups -OCH3 is 1. The van der Waals surface area contributed by atoms with E-state index in [1.807, 2.05) is 24.3 Å². The standard InChI is InChI=1S/C16H23N3O5/c1-10(2)15(24-18-22)19-14(20)12(17-16(19)21)9-8-11-6-4-5-7-13(11)23-3/h4-7,10,12,15,18,22H,8-9H2,1-3H3,(H,17,21)/t12-,15-/m0/s1. The Hall–Kier alpha value is -2.16. The van der Waals surface area contributed by atoms with E-state index < -0.39 is 18.3 Å². The minimum atomic E-state index is -0.890. The van der Waals surface area contributed by atoms with Crippen molar-refractivity contribution in [3.63, 3.8) is 0 Å². The number of para-hydroxylation sites is 1. The normalized spacial score (nSPS) is 18.9. The van der Waals surface area contributed by atoms with Crippen molar-refractivity contribution in [2.24, 2.45) is 5.92 Å². The van der Waals surface area contributed by atoms with Crippen LogP contribution in [0.2, 0.25) is 0 Å². The number of rotatable bonds is 8. The smallest absolute Gasteiger partial charge is 0.327 e. The van der Waals surface area contributed by atoms with Gasteiger partial charge in [0.05, 0.1) is 7.11 Å². The number of nitrogens with zero attached hydrogens (tertiary/aromatic N) is 1. The van der Waals surface area contributed by atoms with Crippen LogP contribution in [0.15, 0.2) is 24.3 Å². The number of urea groups is 1. The molecule has 0 aliphatic carbocycles. The highest BCUT2D eigenvalue weighted by Gasteiger charge is 2.43. The van der Waals surface area contributed by atoms with Crippen LogP contribution < -0.4 is 15.7 Å². The second-order valence-corrected chi connectivity index (χ2v) is 5.90. The molecule has 0 saturated carbocycles. The number of carbonyl (C=O) groups excluding carboxylic acids is 2. The average Bonchev–Trinajstić information content (AvgIpc) is 2.84. The Morgan fingerprint density at radius 2 is 2.04 bits per heavy atom. The molecule has 0 unspecified atom stereocenters. The quantitative estimate of drug-likeness (QED) is 0.490. The third-order valence-corrected chi connectivity index (χ3v) is 3.95. The van der Waals surface area contributed by atoms with Crippen molar-refractivity contribution >= 4 is 11.9 Å². The molecule has 0 spiro atoms. The molecule has 0 radical (unpaired) electrons. The van der Waals surface area contributed by atoms with Crippen LogP contribution in [0.1, 0.15) is 25.8 Å². The number of benzene rings is 1. The Labute approximate surface area is 140 Å². The van der Waals surface area contributed by atoms with E-state index in [0.29, 0.717) is 12.8 Å². The maximum Gasteiger partial charge on any atom is 0.327 e. The summed E-state index contributed by atoms with van der Waals surface area (Å²) in [5.41, 5.74) is 2.53. The maximum absolute atomic E-state index is 12.5. The SMILES string of the molecule is COc1ccccc1CC[C@@H]1NC(=O)N([C@@H](ONO)C(C)C)C1=O. The van der Waals surface area contributed by atoms with Crippen LogP contribution in [0.25, 0.3) is 0 Å². The third kappa shape index (κ3) is 3.84. The number of ether oxygens (including phenoxy) is 1. The molecule has 1 aromatic carbocycles. The van der Waals surface area contributed by atoms with Crippen LogP contribution in [0.5, 0.6) is 5.75 Å². The summed E-state index contributed by atoms with van der Waals surface area (Å²) in [6, 6.07) is 6.39. The number of hydrogen-bond donors (Lipinski definition) is 3. The van der Waals surface area contributed by atoms with Gasteiger partial charge in [-0.1, -0.05) is 37.7 Å². The van der Waals surface area contributed by atoms with Crippen molar-refractivity contribution in [3.8, 4) is 5.75 Å². The Balaban J connectivity index is 2.05. The molecule has 8 nitrogen and oxygen atoms in total. The zero-order chi connectivity index (χ0) is 17.7. The Bertz CT molecular complexity index is 593. The molecule has 0 bridgehead atoms. The van der Waals surface area contributed by atoms with E-state index in [0.717, 1.165) is 16.2 Å². The number of hydrogen-bond acceptors (Lipinski definition) is 6. The van der Waals surface area contributed by atoms with E-state index in [9.17, 15) is 9.59 Å². The van der Waals surface area contributed by atoms with Gasteiger partial charge >= 0.3 is 6.03 Å². The summed E-state index contributed by atoms with van der Waals surface area (Å²) >= 11 is 0. The molecule has 2 rings (SSSR count). The fourth-order valence-electron chi connectivity index (χ4n) is 2.74. The minimum Gasteiger partial charge on any atom is -0.496 e. The van der Waals surface area contributed by atoms with Crippen molar-refractivity contribution in [1.82, 2.24) is 15.9 Å². The minimum absolute atomic E-state index is 0.188. The topological polar surface area (TPSA) is 100 Å². The zero-order valence-corrected chi connectivity index (χ0v) is 14.0. The van der Waals surface area contributed by atoms with Gasteiger partial charge in [-0.2, -0.15) is 0 Å². The lowest BCUT2D eigenvalue weighted by molar-refractivity contribution is -0.208. The largest absolute Gasteiger partial charge is 0.496 e. The van der Waals surface area contributed by atoms with Gasteiger partial charge in [0.25, 0.3) is 5.91 Å². The number of amides is 3. The van der Waals surface area contributed by atoms with Gasteiger partial charge in [0.2, 0.25) is 0 Å². The first-order valence-electron chi connectivity index (χ1n) is 7.79. The number of nitrogens with one attached hydrogen (secondary N) is 2. The van der Waals surface area contributed by atoms with E-state index in [-0.39, 0.29) is 11.8 Å². The second-order valence-electron chi connectivity index (χ2n) is 5.90. The number of carbonyl (C=O) groups is 2. The van der Waals surface area contributed by atoms with Crippen molar-refractivity contribution in [2.45, 2.75) is 39.0 Å². The third-order valence-electron chi connectivity index (χ3n) is 3.95. The van der Waals surface area contributed by atoms with Crippen LogP contribution in [0, 0.1) is 5.92 Å². The van der Waals surface area contributed by atoms with Crippen molar-refractivity contribution < 1.29 is 24.4 Å². The fourth-order valence-corrected chi connectivity index (χ4v) is 2.74. The molecule has 24 heavy (non-hydrogen) atoms. The maximum atomic E-state index is 12.5. The Morgan fingerprint density at radius 3 is 2.67 bits per heavy atom. The molecule has 1 aliphatic heterocycles. The fraction of sp³-hybridized carbons (Fsp3) is 0.500.